The topological polar surface area (TPSA) is 37.3 Å². The molecule has 0 bridgehead atoms. The van der Waals surface area contributed by atoms with Crippen LogP contribution in [0.1, 0.15) is 25.3 Å². The van der Waals surface area contributed by atoms with E-state index in [-0.39, 0.29) is 12.2 Å². The lowest BCUT2D eigenvalue weighted by Crippen LogP contribution is -2.22. The molecule has 0 aromatic heterocycles. The van der Waals surface area contributed by atoms with E-state index in [4.69, 9.17) is 23.2 Å². The van der Waals surface area contributed by atoms with Gasteiger partial charge in [-0.3, -0.25) is 4.79 Å². The molecule has 0 amide bonds. The van der Waals surface area contributed by atoms with Crippen LogP contribution in [-0.2, 0) is 11.2 Å². The van der Waals surface area contributed by atoms with Gasteiger partial charge in [0.2, 0.25) is 0 Å². The first-order chi connectivity index (χ1) is 7.56. The second-order valence-corrected chi connectivity index (χ2v) is 4.45. The van der Waals surface area contributed by atoms with Crippen molar-refractivity contribution in [3.8, 4) is 0 Å². The van der Waals surface area contributed by atoms with Crippen molar-refractivity contribution >= 4 is 29.0 Å². The molecule has 1 rings (SSSR count). The zero-order valence-electron chi connectivity index (χ0n) is 9.04. The minimum atomic E-state index is -0.903. The number of aliphatic hydroxyl groups is 1. The summed E-state index contributed by atoms with van der Waals surface area (Å²) in [5.41, 5.74) is 0.661. The number of carbonyl (C=O) groups excluding carboxylic acids is 1. The Labute approximate surface area is 105 Å². The van der Waals surface area contributed by atoms with Gasteiger partial charge in [-0.2, -0.15) is 0 Å². The molecule has 2 nitrogen and oxygen atoms in total. The minimum absolute atomic E-state index is 0.126. The van der Waals surface area contributed by atoms with Crippen molar-refractivity contribution in [1.82, 2.24) is 0 Å². The standard InChI is InChI=1S/C12H14Cl2O2/c1-2-4-10(15)11(16)7-8-5-3-6-9(13)12(8)14/h3,5-6,10,15H,2,4,7H2,1H3. The Morgan fingerprint density at radius 2 is 2.12 bits per heavy atom. The van der Waals surface area contributed by atoms with Crippen molar-refractivity contribution in [2.24, 2.45) is 0 Å². The van der Waals surface area contributed by atoms with Crippen LogP contribution in [0.2, 0.25) is 10.0 Å². The van der Waals surface area contributed by atoms with Gasteiger partial charge < -0.3 is 5.11 Å². The number of hydrogen-bond acceptors (Lipinski definition) is 2. The fraction of sp³-hybridized carbons (Fsp3) is 0.417. The summed E-state index contributed by atoms with van der Waals surface area (Å²) in [5, 5.41) is 10.3. The zero-order chi connectivity index (χ0) is 12.1. The Hall–Kier alpha value is -0.570. The van der Waals surface area contributed by atoms with Crippen molar-refractivity contribution in [3.05, 3.63) is 33.8 Å². The fourth-order valence-electron chi connectivity index (χ4n) is 1.42. The number of aliphatic hydroxyl groups excluding tert-OH is 1. The maximum absolute atomic E-state index is 11.6. The summed E-state index contributed by atoms with van der Waals surface area (Å²) >= 11 is 11.8. The largest absolute Gasteiger partial charge is 0.385 e. The Balaban J connectivity index is 2.73. The Kier molecular flexibility index (Phi) is 5.26. The molecular formula is C12H14Cl2O2. The molecule has 0 saturated carbocycles. The lowest BCUT2D eigenvalue weighted by atomic mass is 10.0. The second-order valence-electron chi connectivity index (χ2n) is 3.66. The maximum atomic E-state index is 11.6. The van der Waals surface area contributed by atoms with Gasteiger partial charge in [0.25, 0.3) is 0 Å². The van der Waals surface area contributed by atoms with Crippen LogP contribution in [0, 0.1) is 0 Å². The van der Waals surface area contributed by atoms with Crippen molar-refractivity contribution in [2.45, 2.75) is 32.3 Å². The third-order valence-corrected chi connectivity index (χ3v) is 3.19. The molecule has 0 heterocycles. The van der Waals surface area contributed by atoms with Crippen molar-refractivity contribution in [3.63, 3.8) is 0 Å². The first-order valence-corrected chi connectivity index (χ1v) is 5.95. The van der Waals surface area contributed by atoms with Gasteiger partial charge in [-0.1, -0.05) is 48.7 Å². The highest BCUT2D eigenvalue weighted by Gasteiger charge is 2.16. The van der Waals surface area contributed by atoms with Gasteiger partial charge in [0.05, 0.1) is 10.0 Å². The number of Topliss-reactive ketones (excluding diaryl/α,β-unsaturated/α-hetero) is 1. The molecule has 1 N–H and O–H groups in total. The van der Waals surface area contributed by atoms with E-state index < -0.39 is 6.10 Å². The number of halogens is 2. The Morgan fingerprint density at radius 1 is 1.44 bits per heavy atom. The Morgan fingerprint density at radius 3 is 2.75 bits per heavy atom. The van der Waals surface area contributed by atoms with E-state index >= 15 is 0 Å². The molecule has 0 spiro atoms. The summed E-state index contributed by atoms with van der Waals surface area (Å²) in [7, 11) is 0. The normalized spacial score (nSPS) is 12.5. The van der Waals surface area contributed by atoms with Gasteiger partial charge in [-0.05, 0) is 18.1 Å². The highest BCUT2D eigenvalue weighted by atomic mass is 35.5. The molecule has 1 aromatic carbocycles. The van der Waals surface area contributed by atoms with E-state index in [1.54, 1.807) is 18.2 Å². The minimum Gasteiger partial charge on any atom is -0.385 e. The van der Waals surface area contributed by atoms with E-state index in [9.17, 15) is 9.90 Å². The highest BCUT2D eigenvalue weighted by molar-refractivity contribution is 6.42. The maximum Gasteiger partial charge on any atom is 0.165 e. The summed E-state index contributed by atoms with van der Waals surface area (Å²) < 4.78 is 0. The van der Waals surface area contributed by atoms with Crippen LogP contribution >= 0.6 is 23.2 Å². The molecule has 1 unspecified atom stereocenters. The third kappa shape index (κ3) is 3.48. The smallest absolute Gasteiger partial charge is 0.165 e. The summed E-state index contributed by atoms with van der Waals surface area (Å²) in [6.45, 7) is 1.92. The van der Waals surface area contributed by atoms with Crippen LogP contribution in [0.3, 0.4) is 0 Å². The van der Waals surface area contributed by atoms with Gasteiger partial charge in [-0.15, -0.1) is 0 Å². The predicted octanol–water partition coefficient (Wildman–Crippen LogP) is 3.27. The SMILES string of the molecule is CCCC(O)C(=O)Cc1cccc(Cl)c1Cl. The number of benzene rings is 1. The van der Waals surface area contributed by atoms with Gasteiger partial charge in [-0.25, -0.2) is 0 Å². The van der Waals surface area contributed by atoms with Gasteiger partial charge in [0.15, 0.2) is 5.78 Å². The zero-order valence-corrected chi connectivity index (χ0v) is 10.6. The third-order valence-electron chi connectivity index (χ3n) is 2.33. The molecule has 0 radical (unpaired) electrons. The molecule has 16 heavy (non-hydrogen) atoms. The van der Waals surface area contributed by atoms with Crippen LogP contribution in [-0.4, -0.2) is 17.0 Å². The van der Waals surface area contributed by atoms with Gasteiger partial charge in [0.1, 0.15) is 6.10 Å². The van der Waals surface area contributed by atoms with Crippen molar-refractivity contribution in [1.29, 1.82) is 0 Å². The molecule has 0 saturated heterocycles. The highest BCUT2D eigenvalue weighted by Crippen LogP contribution is 2.26. The number of ketones is 1. The van der Waals surface area contributed by atoms with Crippen LogP contribution in [0.15, 0.2) is 18.2 Å². The number of rotatable bonds is 5. The fourth-order valence-corrected chi connectivity index (χ4v) is 1.81. The first kappa shape index (κ1) is 13.5. The Bertz CT molecular complexity index is 377. The number of hydrogen-bond donors (Lipinski definition) is 1. The van der Waals surface area contributed by atoms with E-state index in [0.29, 0.717) is 22.0 Å². The summed E-state index contributed by atoms with van der Waals surface area (Å²) in [4.78, 5) is 11.6. The van der Waals surface area contributed by atoms with E-state index in [1.165, 1.54) is 0 Å². The molecule has 88 valence electrons. The van der Waals surface area contributed by atoms with Crippen LogP contribution in [0.5, 0.6) is 0 Å². The summed E-state index contributed by atoms with van der Waals surface area (Å²) in [5.74, 6) is -0.217. The van der Waals surface area contributed by atoms with Gasteiger partial charge >= 0.3 is 0 Å². The molecule has 0 aliphatic heterocycles. The predicted molar refractivity (Wildman–Crippen MR) is 66.1 cm³/mol. The quantitative estimate of drug-likeness (QED) is 0.883. The van der Waals surface area contributed by atoms with E-state index in [0.717, 1.165) is 6.42 Å². The monoisotopic (exact) mass is 260 g/mol. The lowest BCUT2D eigenvalue weighted by Gasteiger charge is -2.09. The molecular weight excluding hydrogens is 247 g/mol. The van der Waals surface area contributed by atoms with Crippen LogP contribution in [0.25, 0.3) is 0 Å². The van der Waals surface area contributed by atoms with E-state index in [2.05, 4.69) is 0 Å². The van der Waals surface area contributed by atoms with Gasteiger partial charge in [0, 0.05) is 6.42 Å². The van der Waals surface area contributed by atoms with Crippen LogP contribution < -0.4 is 0 Å². The summed E-state index contributed by atoms with van der Waals surface area (Å²) in [6, 6.07) is 5.15. The average Bonchev–Trinajstić information content (AvgIpc) is 2.25. The van der Waals surface area contributed by atoms with Crippen molar-refractivity contribution < 1.29 is 9.90 Å². The lowest BCUT2D eigenvalue weighted by molar-refractivity contribution is -0.126. The number of carbonyl (C=O) groups is 1. The summed E-state index contributed by atoms with van der Waals surface area (Å²) in [6.07, 6.45) is 0.480. The van der Waals surface area contributed by atoms with Crippen LogP contribution in [0.4, 0.5) is 0 Å². The second kappa shape index (κ2) is 6.24. The molecule has 0 fully saturated rings. The molecule has 1 atom stereocenters. The molecule has 4 heteroatoms. The first-order valence-electron chi connectivity index (χ1n) is 5.20. The van der Waals surface area contributed by atoms with Crippen molar-refractivity contribution in [2.75, 3.05) is 0 Å². The van der Waals surface area contributed by atoms with E-state index in [1.807, 2.05) is 6.92 Å². The molecule has 0 aliphatic rings. The average molecular weight is 261 g/mol. The molecule has 1 aromatic rings. The molecule has 0 aliphatic carbocycles.